The van der Waals surface area contributed by atoms with Gasteiger partial charge in [0.15, 0.2) is 0 Å². The monoisotopic (exact) mass is 254 g/mol. The summed E-state index contributed by atoms with van der Waals surface area (Å²) in [5.74, 6) is 0.536. The Kier molecular flexibility index (Phi) is 3.67. The normalized spacial score (nSPS) is 9.95. The minimum atomic E-state index is -0.138. The molecule has 0 N–H and O–H groups in total. The number of furan rings is 1. The van der Waals surface area contributed by atoms with Gasteiger partial charge in [0.2, 0.25) is 0 Å². The van der Waals surface area contributed by atoms with Gasteiger partial charge < -0.3 is 9.32 Å². The number of nitriles is 1. The Balaban J connectivity index is 2.31. The van der Waals surface area contributed by atoms with Gasteiger partial charge in [0.05, 0.1) is 23.5 Å². The van der Waals surface area contributed by atoms with Crippen molar-refractivity contribution in [3.63, 3.8) is 0 Å². The Hall–Kier alpha value is -2.54. The zero-order valence-electron chi connectivity index (χ0n) is 10.9. The summed E-state index contributed by atoms with van der Waals surface area (Å²) in [6.07, 6.45) is 2.19. The number of benzene rings is 1. The van der Waals surface area contributed by atoms with Crippen LogP contribution in [0.25, 0.3) is 0 Å². The highest BCUT2D eigenvalue weighted by molar-refractivity contribution is 6.06. The second-order valence-corrected chi connectivity index (χ2v) is 4.14. The maximum atomic E-state index is 12.4. The molecule has 4 heteroatoms. The first-order valence-corrected chi connectivity index (χ1v) is 6.02. The molecule has 19 heavy (non-hydrogen) atoms. The van der Waals surface area contributed by atoms with Crippen molar-refractivity contribution in [3.05, 3.63) is 53.5 Å². The van der Waals surface area contributed by atoms with Crippen LogP contribution < -0.4 is 4.90 Å². The Morgan fingerprint density at radius 1 is 1.42 bits per heavy atom. The zero-order valence-corrected chi connectivity index (χ0v) is 10.9. The standard InChI is InChI=1S/C15H14N2O2/c1-3-14-13(7-8-19-14)15(18)17(2)12-6-4-5-11(9-12)10-16/h4-9H,3H2,1-2H3. The van der Waals surface area contributed by atoms with E-state index in [0.29, 0.717) is 29.0 Å². The van der Waals surface area contributed by atoms with E-state index >= 15 is 0 Å². The number of nitrogens with zero attached hydrogens (tertiary/aromatic N) is 2. The van der Waals surface area contributed by atoms with Crippen molar-refractivity contribution in [1.29, 1.82) is 5.26 Å². The molecule has 0 aliphatic heterocycles. The van der Waals surface area contributed by atoms with Gasteiger partial charge in [0, 0.05) is 19.2 Å². The molecule has 0 aliphatic rings. The van der Waals surface area contributed by atoms with Gasteiger partial charge in [-0.3, -0.25) is 4.79 Å². The third-order valence-corrected chi connectivity index (χ3v) is 2.96. The topological polar surface area (TPSA) is 57.2 Å². The first kappa shape index (κ1) is 12.9. The molecule has 1 amide bonds. The van der Waals surface area contributed by atoms with Crippen LogP contribution in [0.5, 0.6) is 0 Å². The average Bonchev–Trinajstić information content (AvgIpc) is 2.94. The van der Waals surface area contributed by atoms with Gasteiger partial charge in [-0.25, -0.2) is 0 Å². The number of hydrogen-bond acceptors (Lipinski definition) is 3. The zero-order chi connectivity index (χ0) is 13.8. The van der Waals surface area contributed by atoms with Crippen LogP contribution in [0.3, 0.4) is 0 Å². The largest absolute Gasteiger partial charge is 0.469 e. The maximum Gasteiger partial charge on any atom is 0.261 e. The van der Waals surface area contributed by atoms with Gasteiger partial charge in [-0.2, -0.15) is 5.26 Å². The lowest BCUT2D eigenvalue weighted by atomic mass is 10.1. The van der Waals surface area contributed by atoms with Crippen molar-refractivity contribution >= 4 is 11.6 Å². The SMILES string of the molecule is CCc1occc1C(=O)N(C)c1cccc(C#N)c1. The molecule has 0 unspecified atom stereocenters. The van der Waals surface area contributed by atoms with E-state index in [2.05, 4.69) is 6.07 Å². The van der Waals surface area contributed by atoms with Crippen LogP contribution in [0.2, 0.25) is 0 Å². The fourth-order valence-electron chi connectivity index (χ4n) is 1.89. The van der Waals surface area contributed by atoms with Gasteiger partial charge in [0.1, 0.15) is 5.76 Å². The van der Waals surface area contributed by atoms with Crippen molar-refractivity contribution < 1.29 is 9.21 Å². The summed E-state index contributed by atoms with van der Waals surface area (Å²) in [5, 5.41) is 8.88. The van der Waals surface area contributed by atoms with Gasteiger partial charge in [-0.15, -0.1) is 0 Å². The Bertz CT molecular complexity index is 638. The quantitative estimate of drug-likeness (QED) is 0.846. The van der Waals surface area contributed by atoms with E-state index in [1.54, 1.807) is 37.4 Å². The molecule has 0 bridgehead atoms. The fraction of sp³-hybridized carbons (Fsp3) is 0.200. The first-order valence-electron chi connectivity index (χ1n) is 6.02. The highest BCUT2D eigenvalue weighted by Gasteiger charge is 2.18. The number of rotatable bonds is 3. The van der Waals surface area contributed by atoms with E-state index in [0.717, 1.165) is 0 Å². The lowest BCUT2D eigenvalue weighted by Crippen LogP contribution is -2.26. The lowest BCUT2D eigenvalue weighted by molar-refractivity contribution is 0.0991. The highest BCUT2D eigenvalue weighted by atomic mass is 16.3. The molecule has 0 atom stereocenters. The highest BCUT2D eigenvalue weighted by Crippen LogP contribution is 2.19. The van der Waals surface area contributed by atoms with Gasteiger partial charge in [0.25, 0.3) is 5.91 Å². The number of carbonyl (C=O) groups excluding carboxylic acids is 1. The van der Waals surface area contributed by atoms with Gasteiger partial charge in [-0.05, 0) is 24.3 Å². The fourth-order valence-corrected chi connectivity index (χ4v) is 1.89. The molecule has 0 aliphatic carbocycles. The van der Waals surface area contributed by atoms with Gasteiger partial charge >= 0.3 is 0 Å². The van der Waals surface area contributed by atoms with Crippen LogP contribution in [0.4, 0.5) is 5.69 Å². The molecule has 4 nitrogen and oxygen atoms in total. The first-order chi connectivity index (χ1) is 9.17. The molecule has 0 saturated carbocycles. The summed E-state index contributed by atoms with van der Waals surface area (Å²) >= 11 is 0. The van der Waals surface area contributed by atoms with E-state index in [-0.39, 0.29) is 5.91 Å². The molecule has 2 rings (SSSR count). The molecule has 0 radical (unpaired) electrons. The summed E-state index contributed by atoms with van der Waals surface area (Å²) in [4.78, 5) is 13.9. The van der Waals surface area contributed by atoms with Crippen LogP contribution in [-0.4, -0.2) is 13.0 Å². The number of amides is 1. The smallest absolute Gasteiger partial charge is 0.261 e. The maximum absolute atomic E-state index is 12.4. The van der Waals surface area contributed by atoms with Crippen LogP contribution in [0, 0.1) is 11.3 Å². The molecule has 2 aromatic rings. The molecule has 1 aromatic heterocycles. The predicted molar refractivity (Wildman–Crippen MR) is 72.0 cm³/mol. The summed E-state index contributed by atoms with van der Waals surface area (Å²) in [7, 11) is 1.69. The Labute approximate surface area is 111 Å². The molecular weight excluding hydrogens is 240 g/mol. The third kappa shape index (κ3) is 2.50. The Morgan fingerprint density at radius 2 is 2.21 bits per heavy atom. The summed E-state index contributed by atoms with van der Waals surface area (Å²) < 4.78 is 5.27. The summed E-state index contributed by atoms with van der Waals surface area (Å²) in [6.45, 7) is 1.94. The van der Waals surface area contributed by atoms with Crippen LogP contribution in [0.1, 0.15) is 28.6 Å². The van der Waals surface area contributed by atoms with Crippen molar-refractivity contribution in [3.8, 4) is 6.07 Å². The van der Waals surface area contributed by atoms with E-state index in [9.17, 15) is 4.79 Å². The van der Waals surface area contributed by atoms with Crippen LogP contribution in [0.15, 0.2) is 41.0 Å². The molecule has 0 fully saturated rings. The molecule has 1 aromatic carbocycles. The third-order valence-electron chi connectivity index (χ3n) is 2.96. The van der Waals surface area contributed by atoms with Crippen LogP contribution >= 0.6 is 0 Å². The molecular formula is C15H14N2O2. The van der Waals surface area contributed by atoms with E-state index in [1.165, 1.54) is 11.2 Å². The van der Waals surface area contributed by atoms with Crippen molar-refractivity contribution in [2.45, 2.75) is 13.3 Å². The predicted octanol–water partition coefficient (Wildman–Crippen LogP) is 2.99. The molecule has 96 valence electrons. The van der Waals surface area contributed by atoms with Gasteiger partial charge in [-0.1, -0.05) is 13.0 Å². The summed E-state index contributed by atoms with van der Waals surface area (Å²) in [6, 6.07) is 10.7. The van der Waals surface area contributed by atoms with E-state index < -0.39 is 0 Å². The lowest BCUT2D eigenvalue weighted by Gasteiger charge is -2.17. The van der Waals surface area contributed by atoms with E-state index in [4.69, 9.17) is 9.68 Å². The second-order valence-electron chi connectivity index (χ2n) is 4.14. The van der Waals surface area contributed by atoms with E-state index in [1.807, 2.05) is 6.92 Å². The number of anilines is 1. The minimum Gasteiger partial charge on any atom is -0.469 e. The second kappa shape index (κ2) is 5.40. The summed E-state index contributed by atoms with van der Waals surface area (Å²) in [5.41, 5.74) is 1.78. The van der Waals surface area contributed by atoms with Crippen LogP contribution in [-0.2, 0) is 6.42 Å². The number of hydrogen-bond donors (Lipinski definition) is 0. The van der Waals surface area contributed by atoms with Crippen molar-refractivity contribution in [2.24, 2.45) is 0 Å². The van der Waals surface area contributed by atoms with Crippen molar-refractivity contribution in [1.82, 2.24) is 0 Å². The minimum absolute atomic E-state index is 0.138. The number of carbonyl (C=O) groups is 1. The average molecular weight is 254 g/mol. The molecule has 0 saturated heterocycles. The molecule has 1 heterocycles. The number of aryl methyl sites for hydroxylation is 1. The Morgan fingerprint density at radius 3 is 2.89 bits per heavy atom. The molecule has 0 spiro atoms. The van der Waals surface area contributed by atoms with Crippen molar-refractivity contribution in [2.75, 3.05) is 11.9 Å².